The minimum Gasteiger partial charge on any atom is -0.322 e. The number of benzene rings is 3. The molecule has 0 saturated carbocycles. The van der Waals surface area contributed by atoms with Crippen molar-refractivity contribution in [2.45, 2.75) is 13.0 Å². The fourth-order valence-corrected chi connectivity index (χ4v) is 6.34. The normalized spacial score (nSPS) is 17.4. The lowest BCUT2D eigenvalue weighted by molar-refractivity contribution is -0.113. The number of hydrogen-bond acceptors (Lipinski definition) is 5. The summed E-state index contributed by atoms with van der Waals surface area (Å²) in [5.41, 5.74) is 3.29. The van der Waals surface area contributed by atoms with Crippen molar-refractivity contribution in [2.75, 3.05) is 10.6 Å². The van der Waals surface area contributed by atoms with E-state index in [-0.39, 0.29) is 21.9 Å². The van der Waals surface area contributed by atoms with Crippen LogP contribution in [0, 0.1) is 0 Å². The second-order valence-electron chi connectivity index (χ2n) is 8.79. The summed E-state index contributed by atoms with van der Waals surface area (Å²) in [6, 6.07) is 20.7. The van der Waals surface area contributed by atoms with Crippen molar-refractivity contribution >= 4 is 67.6 Å². The molecular weight excluding hydrogens is 588 g/mol. The molecule has 1 atom stereocenters. The molecule has 0 saturated heterocycles. The smallest absolute Gasteiger partial charge is 0.271 e. The van der Waals surface area contributed by atoms with Gasteiger partial charge in [0, 0.05) is 26.4 Å². The largest absolute Gasteiger partial charge is 0.322 e. The van der Waals surface area contributed by atoms with Crippen LogP contribution in [0.1, 0.15) is 24.1 Å². The summed E-state index contributed by atoms with van der Waals surface area (Å²) >= 11 is 10.7. The molecular formula is C28H18BrClN4O3S. The van der Waals surface area contributed by atoms with E-state index in [0.29, 0.717) is 43.6 Å². The van der Waals surface area contributed by atoms with Gasteiger partial charge in [0.1, 0.15) is 4.53 Å². The van der Waals surface area contributed by atoms with E-state index in [0.717, 1.165) is 15.8 Å². The molecule has 0 unspecified atom stereocenters. The molecule has 2 N–H and O–H groups in total. The van der Waals surface area contributed by atoms with Crippen LogP contribution in [0.2, 0.25) is 5.02 Å². The molecule has 3 aromatic carbocycles. The fourth-order valence-electron chi connectivity index (χ4n) is 4.71. The van der Waals surface area contributed by atoms with Gasteiger partial charge in [0.25, 0.3) is 17.4 Å². The van der Waals surface area contributed by atoms with Gasteiger partial charge in [-0.2, -0.15) is 0 Å². The van der Waals surface area contributed by atoms with Crippen molar-refractivity contribution in [1.82, 2.24) is 4.57 Å². The molecule has 2 aliphatic rings. The average molecular weight is 606 g/mol. The standard InChI is InChI=1S/C28H18BrClN4O3S/c1-14-21(25(35)32-18-5-3-2-4-6-18)23(15-7-10-17(30)11-8-15)34-27(37)24(38-28(34)31-14)22-19-13-16(29)9-12-20(19)33-26(22)36/h2-13,23H,1H3,(H,32,35)(H,33,36)/b24-22-/t23-/m1/s1. The Kier molecular flexibility index (Phi) is 6.14. The highest BCUT2D eigenvalue weighted by molar-refractivity contribution is 9.10. The van der Waals surface area contributed by atoms with Crippen molar-refractivity contribution < 1.29 is 9.59 Å². The molecule has 188 valence electrons. The third-order valence-electron chi connectivity index (χ3n) is 6.41. The van der Waals surface area contributed by atoms with Gasteiger partial charge in [-0.15, -0.1) is 0 Å². The third-order valence-corrected chi connectivity index (χ3v) is 8.21. The van der Waals surface area contributed by atoms with E-state index in [9.17, 15) is 14.4 Å². The summed E-state index contributed by atoms with van der Waals surface area (Å²) in [7, 11) is 0. The number of halogens is 2. The fraction of sp³-hybridized carbons (Fsp3) is 0.0714. The molecule has 0 fully saturated rings. The lowest BCUT2D eigenvalue weighted by atomic mass is 9.95. The number of para-hydroxylation sites is 1. The number of thiazole rings is 1. The third kappa shape index (κ3) is 4.13. The van der Waals surface area contributed by atoms with E-state index in [2.05, 4.69) is 31.6 Å². The van der Waals surface area contributed by atoms with Crippen LogP contribution in [0.3, 0.4) is 0 Å². The highest BCUT2D eigenvalue weighted by Crippen LogP contribution is 2.34. The molecule has 7 nitrogen and oxygen atoms in total. The molecule has 3 heterocycles. The van der Waals surface area contributed by atoms with Crippen LogP contribution in [-0.4, -0.2) is 16.4 Å². The molecule has 10 heteroatoms. The minimum atomic E-state index is -0.770. The second-order valence-corrected chi connectivity index (χ2v) is 11.1. The van der Waals surface area contributed by atoms with Crippen LogP contribution in [-0.2, 0) is 9.59 Å². The van der Waals surface area contributed by atoms with E-state index >= 15 is 0 Å². The van der Waals surface area contributed by atoms with Crippen molar-refractivity contribution in [3.05, 3.63) is 124 Å². The van der Waals surface area contributed by atoms with Crippen molar-refractivity contribution in [3.63, 3.8) is 0 Å². The van der Waals surface area contributed by atoms with Crippen molar-refractivity contribution in [3.8, 4) is 0 Å². The Balaban J connectivity index is 1.59. The zero-order valence-electron chi connectivity index (χ0n) is 19.8. The van der Waals surface area contributed by atoms with E-state index in [4.69, 9.17) is 11.6 Å². The number of nitrogens with one attached hydrogen (secondary N) is 2. The van der Waals surface area contributed by atoms with Gasteiger partial charge in [-0.3, -0.25) is 19.0 Å². The number of rotatable bonds is 3. The molecule has 0 aliphatic carbocycles. The van der Waals surface area contributed by atoms with Gasteiger partial charge in [-0.1, -0.05) is 69.2 Å². The van der Waals surface area contributed by atoms with Crippen LogP contribution >= 0.6 is 38.9 Å². The van der Waals surface area contributed by atoms with Gasteiger partial charge in [-0.25, -0.2) is 4.99 Å². The van der Waals surface area contributed by atoms with Gasteiger partial charge in [0.05, 0.1) is 22.9 Å². The maximum absolute atomic E-state index is 14.0. The first-order valence-corrected chi connectivity index (χ1v) is 13.6. The predicted octanol–water partition coefficient (Wildman–Crippen LogP) is 4.61. The quantitative estimate of drug-likeness (QED) is 0.357. The number of allylic oxidation sites excluding steroid dienone is 1. The summed E-state index contributed by atoms with van der Waals surface area (Å²) in [5, 5.41) is 6.29. The molecule has 0 bridgehead atoms. The van der Waals surface area contributed by atoms with Gasteiger partial charge < -0.3 is 10.6 Å². The highest BCUT2D eigenvalue weighted by Gasteiger charge is 2.34. The Morgan fingerprint density at radius 2 is 1.82 bits per heavy atom. The first-order valence-electron chi connectivity index (χ1n) is 11.6. The van der Waals surface area contributed by atoms with Crippen LogP contribution in [0.15, 0.2) is 98.3 Å². The zero-order valence-corrected chi connectivity index (χ0v) is 22.9. The maximum Gasteiger partial charge on any atom is 0.271 e. The Bertz CT molecular complexity index is 1860. The number of aromatic nitrogens is 1. The summed E-state index contributed by atoms with van der Waals surface area (Å²) in [6.45, 7) is 1.75. The van der Waals surface area contributed by atoms with Crippen molar-refractivity contribution in [1.29, 1.82) is 0 Å². The first kappa shape index (κ1) is 24.5. The second kappa shape index (κ2) is 9.50. The zero-order chi connectivity index (χ0) is 26.6. The molecule has 0 spiro atoms. The summed E-state index contributed by atoms with van der Waals surface area (Å²) < 4.78 is 2.54. The molecule has 38 heavy (non-hydrogen) atoms. The topological polar surface area (TPSA) is 92.6 Å². The Labute approximate surface area is 233 Å². The number of carbonyl (C=O) groups excluding carboxylic acids is 2. The summed E-state index contributed by atoms with van der Waals surface area (Å²) in [6.07, 6.45) is 0. The Hall–Kier alpha value is -3.79. The molecule has 2 aliphatic heterocycles. The number of nitrogens with zero attached hydrogens (tertiary/aromatic N) is 2. The molecule has 6 rings (SSSR count). The van der Waals surface area contributed by atoms with Crippen LogP contribution in [0.4, 0.5) is 11.4 Å². The van der Waals surface area contributed by atoms with Crippen LogP contribution in [0.5, 0.6) is 0 Å². The Morgan fingerprint density at radius 3 is 2.55 bits per heavy atom. The summed E-state index contributed by atoms with van der Waals surface area (Å²) in [5.74, 6) is -0.729. The van der Waals surface area contributed by atoms with Gasteiger partial charge in [-0.05, 0) is 55.0 Å². The number of carbonyl (C=O) groups is 2. The minimum absolute atomic E-state index is 0.259. The number of anilines is 2. The van der Waals surface area contributed by atoms with Gasteiger partial charge in [0.2, 0.25) is 0 Å². The molecule has 0 radical (unpaired) electrons. The lowest BCUT2D eigenvalue weighted by Crippen LogP contribution is -2.41. The number of hydrogen-bond donors (Lipinski definition) is 2. The number of fused-ring (bicyclic) bond motifs is 2. The van der Waals surface area contributed by atoms with E-state index in [1.807, 2.05) is 24.3 Å². The van der Waals surface area contributed by atoms with Gasteiger partial charge >= 0.3 is 0 Å². The average Bonchev–Trinajstić information content (AvgIpc) is 3.38. The number of amides is 2. The monoisotopic (exact) mass is 604 g/mol. The molecule has 1 aromatic heterocycles. The van der Waals surface area contributed by atoms with Crippen LogP contribution < -0.4 is 25.5 Å². The SMILES string of the molecule is CC1=C(C(=O)Nc2ccccc2)[C@@H](c2ccc(Cl)cc2)n2c(s/c(=C3\C(=O)Nc4ccc(Br)cc43)c2=O)=N1. The summed E-state index contributed by atoms with van der Waals surface area (Å²) in [4.78, 5) is 45.7. The molecule has 4 aromatic rings. The highest BCUT2D eigenvalue weighted by atomic mass is 79.9. The van der Waals surface area contributed by atoms with Crippen LogP contribution in [0.25, 0.3) is 5.57 Å². The first-order chi connectivity index (χ1) is 18.3. The van der Waals surface area contributed by atoms with Crippen molar-refractivity contribution in [2.24, 2.45) is 4.99 Å². The maximum atomic E-state index is 14.0. The van der Waals surface area contributed by atoms with E-state index < -0.39 is 11.6 Å². The molecule has 2 amide bonds. The van der Waals surface area contributed by atoms with Gasteiger partial charge in [0.15, 0.2) is 4.80 Å². The Morgan fingerprint density at radius 1 is 1.08 bits per heavy atom. The van der Waals surface area contributed by atoms with E-state index in [1.165, 1.54) is 4.57 Å². The predicted molar refractivity (Wildman–Crippen MR) is 152 cm³/mol. The van der Waals surface area contributed by atoms with E-state index in [1.54, 1.807) is 55.5 Å². The lowest BCUT2D eigenvalue weighted by Gasteiger charge is -2.25.